The number of aryl methyl sites for hydroxylation is 2. The summed E-state index contributed by atoms with van der Waals surface area (Å²) >= 11 is 5.88. The van der Waals surface area contributed by atoms with Gasteiger partial charge in [0.15, 0.2) is 0 Å². The molecule has 0 fully saturated rings. The molecule has 2 rings (SSSR count). The number of carbonyl (C=O) groups excluding carboxylic acids is 1. The highest BCUT2D eigenvalue weighted by molar-refractivity contribution is 6.31. The molecule has 6 nitrogen and oxygen atoms in total. The lowest BCUT2D eigenvalue weighted by Crippen LogP contribution is -2.29. The standard InChI is InChI=1S/C13H18ClN5O/c1-10-4-7-18(17-10)6-3-5-15-13(20)9-19-11(2)12(14)8-16-19/h4,7-8H,3,5-6,9H2,1-2H3,(H,15,20). The minimum absolute atomic E-state index is 0.0653. The molecule has 0 bridgehead atoms. The Bertz CT molecular complexity index is 589. The van der Waals surface area contributed by atoms with E-state index in [1.807, 2.05) is 30.8 Å². The molecule has 0 atom stereocenters. The topological polar surface area (TPSA) is 64.7 Å². The number of amides is 1. The lowest BCUT2D eigenvalue weighted by Gasteiger charge is -2.07. The average molecular weight is 296 g/mol. The van der Waals surface area contributed by atoms with E-state index in [4.69, 9.17) is 11.6 Å². The average Bonchev–Trinajstić information content (AvgIpc) is 2.96. The van der Waals surface area contributed by atoms with Crippen LogP contribution < -0.4 is 5.32 Å². The summed E-state index contributed by atoms with van der Waals surface area (Å²) in [5.74, 6) is -0.0653. The van der Waals surface area contributed by atoms with Crippen molar-refractivity contribution in [2.45, 2.75) is 33.4 Å². The summed E-state index contributed by atoms with van der Waals surface area (Å²) < 4.78 is 3.47. The van der Waals surface area contributed by atoms with Crippen molar-refractivity contribution in [1.29, 1.82) is 0 Å². The van der Waals surface area contributed by atoms with E-state index in [0.717, 1.165) is 24.4 Å². The summed E-state index contributed by atoms with van der Waals surface area (Å²) in [6.07, 6.45) is 4.32. The van der Waals surface area contributed by atoms with E-state index in [2.05, 4.69) is 15.5 Å². The molecule has 0 saturated heterocycles. The number of aromatic nitrogens is 4. The van der Waals surface area contributed by atoms with Crippen molar-refractivity contribution < 1.29 is 4.79 Å². The minimum atomic E-state index is -0.0653. The van der Waals surface area contributed by atoms with Crippen LogP contribution in [-0.4, -0.2) is 32.0 Å². The summed E-state index contributed by atoms with van der Waals surface area (Å²) in [4.78, 5) is 11.8. The van der Waals surface area contributed by atoms with Crippen LogP contribution in [0.15, 0.2) is 18.5 Å². The second-order valence-electron chi connectivity index (χ2n) is 4.66. The van der Waals surface area contributed by atoms with Gasteiger partial charge in [0.25, 0.3) is 0 Å². The number of halogens is 1. The molecule has 2 aromatic heterocycles. The third-order valence-electron chi connectivity index (χ3n) is 3.00. The fourth-order valence-corrected chi connectivity index (χ4v) is 1.97. The van der Waals surface area contributed by atoms with Gasteiger partial charge in [-0.05, 0) is 26.3 Å². The molecule has 0 saturated carbocycles. The van der Waals surface area contributed by atoms with Crippen LogP contribution in [0.3, 0.4) is 0 Å². The Hall–Kier alpha value is -1.82. The van der Waals surface area contributed by atoms with Crippen LogP contribution in [0.25, 0.3) is 0 Å². The Labute approximate surface area is 122 Å². The largest absolute Gasteiger partial charge is 0.354 e. The highest BCUT2D eigenvalue weighted by Crippen LogP contribution is 2.12. The third-order valence-corrected chi connectivity index (χ3v) is 3.37. The van der Waals surface area contributed by atoms with E-state index in [1.165, 1.54) is 0 Å². The number of nitrogens with zero attached hydrogens (tertiary/aromatic N) is 4. The molecule has 0 unspecified atom stereocenters. The molecule has 0 aliphatic heterocycles. The van der Waals surface area contributed by atoms with Gasteiger partial charge >= 0.3 is 0 Å². The minimum Gasteiger partial charge on any atom is -0.354 e. The van der Waals surface area contributed by atoms with Crippen molar-refractivity contribution >= 4 is 17.5 Å². The maximum atomic E-state index is 11.8. The van der Waals surface area contributed by atoms with Gasteiger partial charge in [0, 0.05) is 19.3 Å². The fraction of sp³-hybridized carbons (Fsp3) is 0.462. The summed E-state index contributed by atoms with van der Waals surface area (Å²) in [6, 6.07) is 1.96. The van der Waals surface area contributed by atoms with Crippen LogP contribution in [0.1, 0.15) is 17.8 Å². The van der Waals surface area contributed by atoms with Crippen LogP contribution in [0.2, 0.25) is 5.02 Å². The van der Waals surface area contributed by atoms with Crippen molar-refractivity contribution in [2.24, 2.45) is 0 Å². The monoisotopic (exact) mass is 295 g/mol. The Morgan fingerprint density at radius 1 is 1.45 bits per heavy atom. The number of hydrogen-bond acceptors (Lipinski definition) is 3. The van der Waals surface area contributed by atoms with Crippen LogP contribution in [0.4, 0.5) is 0 Å². The van der Waals surface area contributed by atoms with Crippen molar-refractivity contribution in [2.75, 3.05) is 6.54 Å². The first kappa shape index (κ1) is 14.6. The van der Waals surface area contributed by atoms with Crippen molar-refractivity contribution in [3.8, 4) is 0 Å². The lowest BCUT2D eigenvalue weighted by molar-refractivity contribution is -0.121. The zero-order valence-electron chi connectivity index (χ0n) is 11.6. The highest BCUT2D eigenvalue weighted by Gasteiger charge is 2.08. The molecule has 7 heteroatoms. The van der Waals surface area contributed by atoms with E-state index < -0.39 is 0 Å². The molecule has 0 spiro atoms. The Morgan fingerprint density at radius 3 is 2.85 bits per heavy atom. The van der Waals surface area contributed by atoms with Crippen LogP contribution in [0.5, 0.6) is 0 Å². The predicted octanol–water partition coefficient (Wildman–Crippen LogP) is 1.56. The SMILES string of the molecule is Cc1ccn(CCCNC(=O)Cn2ncc(Cl)c2C)n1. The first-order valence-electron chi connectivity index (χ1n) is 6.51. The van der Waals surface area contributed by atoms with E-state index >= 15 is 0 Å². The normalized spacial score (nSPS) is 10.8. The molecule has 2 heterocycles. The van der Waals surface area contributed by atoms with Gasteiger partial charge in [0.2, 0.25) is 5.91 Å². The van der Waals surface area contributed by atoms with Gasteiger partial charge in [-0.25, -0.2) is 0 Å². The van der Waals surface area contributed by atoms with Crippen molar-refractivity contribution in [3.05, 3.63) is 34.9 Å². The summed E-state index contributed by atoms with van der Waals surface area (Å²) in [7, 11) is 0. The zero-order chi connectivity index (χ0) is 14.5. The third kappa shape index (κ3) is 3.84. The molecule has 1 amide bonds. The van der Waals surface area contributed by atoms with Gasteiger partial charge in [-0.15, -0.1) is 0 Å². The molecule has 0 aliphatic carbocycles. The smallest absolute Gasteiger partial charge is 0.241 e. The van der Waals surface area contributed by atoms with Crippen LogP contribution >= 0.6 is 11.6 Å². The molecule has 0 aliphatic rings. The lowest BCUT2D eigenvalue weighted by atomic mass is 10.4. The summed E-state index contributed by atoms with van der Waals surface area (Å²) in [5.41, 5.74) is 1.80. The zero-order valence-corrected chi connectivity index (χ0v) is 12.4. The number of hydrogen-bond donors (Lipinski definition) is 1. The Morgan fingerprint density at radius 2 is 2.25 bits per heavy atom. The number of carbonyl (C=O) groups is 1. The van der Waals surface area contributed by atoms with Gasteiger partial charge in [-0.3, -0.25) is 14.2 Å². The maximum Gasteiger partial charge on any atom is 0.241 e. The molecule has 108 valence electrons. The molecular weight excluding hydrogens is 278 g/mol. The second kappa shape index (κ2) is 6.56. The molecule has 20 heavy (non-hydrogen) atoms. The molecule has 1 N–H and O–H groups in total. The molecule has 2 aromatic rings. The highest BCUT2D eigenvalue weighted by atomic mass is 35.5. The van der Waals surface area contributed by atoms with Gasteiger partial charge in [0.1, 0.15) is 6.54 Å². The van der Waals surface area contributed by atoms with Gasteiger partial charge in [-0.1, -0.05) is 11.6 Å². The molecular formula is C13H18ClN5O. The van der Waals surface area contributed by atoms with E-state index in [-0.39, 0.29) is 12.5 Å². The number of rotatable bonds is 6. The van der Waals surface area contributed by atoms with Gasteiger partial charge in [-0.2, -0.15) is 10.2 Å². The second-order valence-corrected chi connectivity index (χ2v) is 5.07. The van der Waals surface area contributed by atoms with E-state index in [1.54, 1.807) is 10.9 Å². The number of nitrogens with one attached hydrogen (secondary N) is 1. The van der Waals surface area contributed by atoms with E-state index in [0.29, 0.717) is 11.6 Å². The van der Waals surface area contributed by atoms with Crippen LogP contribution in [0, 0.1) is 13.8 Å². The Balaban J connectivity index is 1.69. The first-order valence-corrected chi connectivity index (χ1v) is 6.88. The van der Waals surface area contributed by atoms with Gasteiger partial charge < -0.3 is 5.32 Å². The van der Waals surface area contributed by atoms with Gasteiger partial charge in [0.05, 0.1) is 22.6 Å². The first-order chi connectivity index (χ1) is 9.56. The van der Waals surface area contributed by atoms with Crippen molar-refractivity contribution in [1.82, 2.24) is 24.9 Å². The molecule has 0 radical (unpaired) electrons. The maximum absolute atomic E-state index is 11.8. The van der Waals surface area contributed by atoms with E-state index in [9.17, 15) is 4.79 Å². The summed E-state index contributed by atoms with van der Waals surface area (Å²) in [5, 5.41) is 11.8. The fourth-order valence-electron chi connectivity index (χ4n) is 1.83. The Kier molecular flexibility index (Phi) is 4.79. The van der Waals surface area contributed by atoms with Crippen molar-refractivity contribution in [3.63, 3.8) is 0 Å². The predicted molar refractivity (Wildman–Crippen MR) is 76.6 cm³/mol. The quantitative estimate of drug-likeness (QED) is 0.823. The van der Waals surface area contributed by atoms with Crippen LogP contribution in [-0.2, 0) is 17.9 Å². The molecule has 0 aromatic carbocycles. The summed E-state index contributed by atoms with van der Waals surface area (Å²) in [6.45, 7) is 5.39.